The van der Waals surface area contributed by atoms with Crippen LogP contribution in [0.25, 0.3) is 0 Å². The molecule has 2 atom stereocenters. The summed E-state index contributed by atoms with van der Waals surface area (Å²) in [6.07, 6.45) is 6.54. The third-order valence-electron chi connectivity index (χ3n) is 6.55. The molecule has 1 spiro atoms. The van der Waals surface area contributed by atoms with Crippen LogP contribution in [-0.4, -0.2) is 24.0 Å². The standard InChI is InChI=1S/C21H25N3OS.ClH/c25-19(16-13-21(16)8-10-22-11-9-21)24-20-23-17-7-6-15(12-18(17)26-20)14-4-2-1-3-5-14;/h1-5,15-16,22H,6-13H2,(H,23,24,25);1H. The molecule has 3 aliphatic rings. The molecular formula is C21H26ClN3OS. The fraction of sp³-hybridized carbons (Fsp3) is 0.524. The molecule has 5 rings (SSSR count). The van der Waals surface area contributed by atoms with Gasteiger partial charge >= 0.3 is 0 Å². The van der Waals surface area contributed by atoms with E-state index in [0.717, 1.165) is 56.7 Å². The summed E-state index contributed by atoms with van der Waals surface area (Å²) in [4.78, 5) is 18.8. The van der Waals surface area contributed by atoms with Crippen LogP contribution in [0.5, 0.6) is 0 Å². The second-order valence-corrected chi connectivity index (χ2v) is 9.18. The summed E-state index contributed by atoms with van der Waals surface area (Å²) < 4.78 is 0. The largest absolute Gasteiger partial charge is 0.317 e. The van der Waals surface area contributed by atoms with E-state index < -0.39 is 0 Å². The van der Waals surface area contributed by atoms with Crippen LogP contribution in [-0.2, 0) is 17.6 Å². The van der Waals surface area contributed by atoms with E-state index in [9.17, 15) is 4.79 Å². The lowest BCUT2D eigenvalue weighted by molar-refractivity contribution is -0.118. The summed E-state index contributed by atoms with van der Waals surface area (Å²) in [6.45, 7) is 2.10. The molecule has 2 unspecified atom stereocenters. The highest BCUT2D eigenvalue weighted by molar-refractivity contribution is 7.15. The average molecular weight is 404 g/mol. The van der Waals surface area contributed by atoms with Crippen LogP contribution in [0, 0.1) is 11.3 Å². The quantitative estimate of drug-likeness (QED) is 0.808. The molecule has 1 aromatic carbocycles. The molecule has 1 saturated heterocycles. The molecule has 1 amide bonds. The normalized spacial score (nSPS) is 25.3. The highest BCUT2D eigenvalue weighted by Crippen LogP contribution is 2.58. The zero-order valence-corrected chi connectivity index (χ0v) is 17.0. The number of aryl methyl sites for hydroxylation is 1. The van der Waals surface area contributed by atoms with Crippen molar-refractivity contribution in [3.05, 3.63) is 46.5 Å². The van der Waals surface area contributed by atoms with Crippen LogP contribution in [0.2, 0.25) is 0 Å². The summed E-state index contributed by atoms with van der Waals surface area (Å²) in [7, 11) is 0. The van der Waals surface area contributed by atoms with Gasteiger partial charge in [-0.25, -0.2) is 4.98 Å². The summed E-state index contributed by atoms with van der Waals surface area (Å²) >= 11 is 1.69. The minimum atomic E-state index is 0. The minimum Gasteiger partial charge on any atom is -0.317 e. The third kappa shape index (κ3) is 3.65. The van der Waals surface area contributed by atoms with Crippen LogP contribution in [0.3, 0.4) is 0 Å². The van der Waals surface area contributed by atoms with E-state index in [-0.39, 0.29) is 29.6 Å². The Labute approximate surface area is 170 Å². The SMILES string of the molecule is Cl.O=C(Nc1nc2c(s1)CC(c1ccccc1)CC2)C1CC12CCNCC2. The van der Waals surface area contributed by atoms with Crippen LogP contribution < -0.4 is 10.6 Å². The van der Waals surface area contributed by atoms with Crippen molar-refractivity contribution < 1.29 is 4.79 Å². The van der Waals surface area contributed by atoms with Crippen molar-refractivity contribution in [1.29, 1.82) is 0 Å². The Morgan fingerprint density at radius 1 is 1.22 bits per heavy atom. The van der Waals surface area contributed by atoms with E-state index >= 15 is 0 Å². The first-order valence-corrected chi connectivity index (χ1v) is 10.6. The number of halogens is 1. The number of rotatable bonds is 3. The first kappa shape index (κ1) is 18.9. The molecule has 2 heterocycles. The molecule has 2 N–H and O–H groups in total. The van der Waals surface area contributed by atoms with Crippen molar-refractivity contribution in [2.45, 2.75) is 44.4 Å². The number of thiazole rings is 1. The second-order valence-electron chi connectivity index (χ2n) is 8.10. The summed E-state index contributed by atoms with van der Waals surface area (Å²) in [6, 6.07) is 10.8. The Kier molecular flexibility index (Phi) is 5.28. The number of amides is 1. The van der Waals surface area contributed by atoms with Gasteiger partial charge < -0.3 is 10.6 Å². The van der Waals surface area contributed by atoms with Crippen molar-refractivity contribution in [3.63, 3.8) is 0 Å². The van der Waals surface area contributed by atoms with Crippen LogP contribution in [0.1, 0.15) is 47.7 Å². The van der Waals surface area contributed by atoms with Gasteiger partial charge in [0.1, 0.15) is 0 Å². The van der Waals surface area contributed by atoms with E-state index in [0.29, 0.717) is 5.92 Å². The first-order chi connectivity index (χ1) is 12.7. The maximum Gasteiger partial charge on any atom is 0.229 e. The number of hydrogen-bond donors (Lipinski definition) is 2. The van der Waals surface area contributed by atoms with E-state index in [4.69, 9.17) is 4.98 Å². The number of fused-ring (bicyclic) bond motifs is 1. The van der Waals surface area contributed by atoms with Gasteiger partial charge in [-0.1, -0.05) is 30.3 Å². The number of nitrogens with zero attached hydrogens (tertiary/aromatic N) is 1. The van der Waals surface area contributed by atoms with E-state index in [2.05, 4.69) is 41.0 Å². The molecule has 1 aliphatic heterocycles. The number of carbonyl (C=O) groups is 1. The highest BCUT2D eigenvalue weighted by atomic mass is 35.5. The number of nitrogens with one attached hydrogen (secondary N) is 2. The Morgan fingerprint density at radius 2 is 2.00 bits per heavy atom. The van der Waals surface area contributed by atoms with Crippen molar-refractivity contribution in [2.75, 3.05) is 18.4 Å². The predicted molar refractivity (Wildman–Crippen MR) is 112 cm³/mol. The Morgan fingerprint density at radius 3 is 2.78 bits per heavy atom. The van der Waals surface area contributed by atoms with Gasteiger partial charge in [0, 0.05) is 10.8 Å². The van der Waals surface area contributed by atoms with Gasteiger partial charge in [0.05, 0.1) is 5.69 Å². The lowest BCUT2D eigenvalue weighted by Gasteiger charge is -2.22. The third-order valence-corrected chi connectivity index (χ3v) is 7.58. The van der Waals surface area contributed by atoms with Gasteiger partial charge in [0.15, 0.2) is 5.13 Å². The molecule has 2 aliphatic carbocycles. The maximum absolute atomic E-state index is 12.7. The van der Waals surface area contributed by atoms with Crippen molar-refractivity contribution >= 4 is 34.8 Å². The second kappa shape index (κ2) is 7.53. The molecule has 2 aromatic rings. The monoisotopic (exact) mass is 403 g/mol. The van der Waals surface area contributed by atoms with Crippen LogP contribution in [0.15, 0.2) is 30.3 Å². The highest BCUT2D eigenvalue weighted by Gasteiger charge is 2.57. The van der Waals surface area contributed by atoms with Crippen molar-refractivity contribution in [3.8, 4) is 0 Å². The number of anilines is 1. The van der Waals surface area contributed by atoms with Gasteiger partial charge in [0.2, 0.25) is 5.91 Å². The molecule has 2 fully saturated rings. The number of benzene rings is 1. The molecule has 1 saturated carbocycles. The number of carbonyl (C=O) groups excluding carboxylic acids is 1. The molecule has 1 aromatic heterocycles. The van der Waals surface area contributed by atoms with E-state index in [1.165, 1.54) is 16.1 Å². The average Bonchev–Trinajstić information content (AvgIpc) is 3.21. The van der Waals surface area contributed by atoms with Crippen LogP contribution in [0.4, 0.5) is 5.13 Å². The number of hydrogen-bond acceptors (Lipinski definition) is 4. The molecule has 6 heteroatoms. The van der Waals surface area contributed by atoms with Crippen LogP contribution >= 0.6 is 23.7 Å². The summed E-state index contributed by atoms with van der Waals surface area (Å²) in [5, 5.41) is 7.34. The number of aromatic nitrogens is 1. The smallest absolute Gasteiger partial charge is 0.229 e. The minimum absolute atomic E-state index is 0. The predicted octanol–water partition coefficient (Wildman–Crippen LogP) is 4.17. The lowest BCUT2D eigenvalue weighted by atomic mass is 9.85. The lowest BCUT2D eigenvalue weighted by Crippen LogP contribution is -2.31. The fourth-order valence-electron chi connectivity index (χ4n) is 4.83. The zero-order valence-electron chi connectivity index (χ0n) is 15.4. The van der Waals surface area contributed by atoms with Gasteiger partial charge in [-0.15, -0.1) is 23.7 Å². The first-order valence-electron chi connectivity index (χ1n) is 9.79. The molecular weight excluding hydrogens is 378 g/mol. The van der Waals surface area contributed by atoms with Crippen molar-refractivity contribution in [1.82, 2.24) is 10.3 Å². The van der Waals surface area contributed by atoms with Gasteiger partial charge in [-0.05, 0) is 68.5 Å². The molecule has 4 nitrogen and oxygen atoms in total. The Hall–Kier alpha value is -1.43. The Bertz CT molecular complexity index is 816. The molecule has 27 heavy (non-hydrogen) atoms. The molecule has 144 valence electrons. The van der Waals surface area contributed by atoms with Gasteiger partial charge in [-0.3, -0.25) is 4.79 Å². The summed E-state index contributed by atoms with van der Waals surface area (Å²) in [5.41, 5.74) is 2.90. The van der Waals surface area contributed by atoms with E-state index in [1.54, 1.807) is 11.3 Å². The van der Waals surface area contributed by atoms with Gasteiger partial charge in [-0.2, -0.15) is 0 Å². The maximum atomic E-state index is 12.7. The van der Waals surface area contributed by atoms with E-state index in [1.807, 2.05) is 0 Å². The topological polar surface area (TPSA) is 54.0 Å². The molecule has 0 radical (unpaired) electrons. The summed E-state index contributed by atoms with van der Waals surface area (Å²) in [5.74, 6) is 0.967. The fourth-order valence-corrected chi connectivity index (χ4v) is 5.92. The molecule has 0 bridgehead atoms. The number of piperidine rings is 1. The van der Waals surface area contributed by atoms with Gasteiger partial charge in [0.25, 0.3) is 0 Å². The van der Waals surface area contributed by atoms with Crippen molar-refractivity contribution in [2.24, 2.45) is 11.3 Å². The Balaban J connectivity index is 0.00000180. The zero-order chi connectivity index (χ0) is 17.6.